The van der Waals surface area contributed by atoms with Crippen LogP contribution in [0.15, 0.2) is 53.4 Å². The summed E-state index contributed by atoms with van der Waals surface area (Å²) in [7, 11) is -3.43. The molecule has 1 atom stereocenters. The van der Waals surface area contributed by atoms with E-state index in [-0.39, 0.29) is 39.6 Å². The van der Waals surface area contributed by atoms with Crippen molar-refractivity contribution in [3.63, 3.8) is 0 Å². The fourth-order valence-electron chi connectivity index (χ4n) is 3.55. The Hall–Kier alpha value is -3.38. The van der Waals surface area contributed by atoms with Gasteiger partial charge in [-0.15, -0.1) is 13.2 Å². The molecule has 188 valence electrons. The van der Waals surface area contributed by atoms with Crippen LogP contribution >= 0.6 is 0 Å². The normalized spacial score (nSPS) is 12.9. The molecule has 1 aromatic heterocycles. The number of carbonyl (C=O) groups is 1. The topological polar surface area (TPSA) is 97.6 Å². The monoisotopic (exact) mass is 514 g/mol. The minimum absolute atomic E-state index is 0.0278. The Bertz CT molecular complexity index is 1350. The summed E-state index contributed by atoms with van der Waals surface area (Å²) in [5.74, 6) is -2.39. The quantitative estimate of drug-likeness (QED) is 0.456. The fourth-order valence-corrected chi connectivity index (χ4v) is 4.18. The number of aromatic nitrogens is 1. The first kappa shape index (κ1) is 26.2. The van der Waals surface area contributed by atoms with Crippen molar-refractivity contribution < 1.29 is 40.6 Å². The summed E-state index contributed by atoms with van der Waals surface area (Å²) in [6, 6.07) is 9.45. The molecule has 0 bridgehead atoms. The van der Waals surface area contributed by atoms with Gasteiger partial charge in [-0.3, -0.25) is 4.79 Å². The van der Waals surface area contributed by atoms with Crippen molar-refractivity contribution in [1.29, 1.82) is 0 Å². The Kier molecular flexibility index (Phi) is 7.27. The van der Waals surface area contributed by atoms with E-state index >= 15 is 0 Å². The largest absolute Gasteiger partial charge is 0.573 e. The van der Waals surface area contributed by atoms with Crippen LogP contribution in [0.1, 0.15) is 28.7 Å². The second-order valence-corrected chi connectivity index (χ2v) is 9.95. The maximum atomic E-state index is 13.7. The molecule has 0 aliphatic carbocycles. The van der Waals surface area contributed by atoms with Crippen LogP contribution in [0.3, 0.4) is 0 Å². The van der Waals surface area contributed by atoms with Crippen LogP contribution < -0.4 is 10.1 Å². The average Bonchev–Trinajstić information content (AvgIpc) is 3.02. The van der Waals surface area contributed by atoms with E-state index in [0.717, 1.165) is 18.4 Å². The zero-order chi connectivity index (χ0) is 26.1. The van der Waals surface area contributed by atoms with E-state index in [4.69, 9.17) is 0 Å². The number of rotatable bonds is 7. The van der Waals surface area contributed by atoms with Crippen LogP contribution in [-0.4, -0.2) is 42.7 Å². The number of benzene rings is 2. The molecule has 2 N–H and O–H groups in total. The summed E-state index contributed by atoms with van der Waals surface area (Å²) in [5, 5.41) is 12.5. The van der Waals surface area contributed by atoms with Crippen LogP contribution in [0.5, 0.6) is 5.75 Å². The Balaban J connectivity index is 2.05. The van der Waals surface area contributed by atoms with Gasteiger partial charge in [0.2, 0.25) is 0 Å². The summed E-state index contributed by atoms with van der Waals surface area (Å²) < 4.78 is 81.1. The van der Waals surface area contributed by atoms with Crippen LogP contribution in [0.2, 0.25) is 0 Å². The highest BCUT2D eigenvalue weighted by atomic mass is 32.2. The van der Waals surface area contributed by atoms with Crippen LogP contribution in [0, 0.1) is 12.7 Å². The highest BCUT2D eigenvalue weighted by Crippen LogP contribution is 2.33. The highest BCUT2D eigenvalue weighted by molar-refractivity contribution is 7.90. The molecule has 0 aliphatic heterocycles. The first-order valence-corrected chi connectivity index (χ1v) is 12.1. The number of aliphatic hydroxyl groups is 1. The van der Waals surface area contributed by atoms with Gasteiger partial charge in [0.1, 0.15) is 5.82 Å². The Morgan fingerprint density at radius 3 is 2.31 bits per heavy atom. The molecule has 0 fully saturated rings. The van der Waals surface area contributed by atoms with Crippen molar-refractivity contribution in [1.82, 2.24) is 4.57 Å². The second kappa shape index (κ2) is 9.70. The lowest BCUT2D eigenvalue weighted by molar-refractivity contribution is -0.274. The molecule has 12 heteroatoms. The summed E-state index contributed by atoms with van der Waals surface area (Å²) in [4.78, 5) is 13.1. The van der Waals surface area contributed by atoms with Gasteiger partial charge >= 0.3 is 6.36 Å². The van der Waals surface area contributed by atoms with Crippen molar-refractivity contribution in [2.75, 3.05) is 11.6 Å². The smallest absolute Gasteiger partial charge is 0.403 e. The number of aliphatic hydroxyl groups excluding tert-OH is 1. The van der Waals surface area contributed by atoms with Gasteiger partial charge in [-0.1, -0.05) is 0 Å². The fraction of sp³-hybridized carbons (Fsp3) is 0.261. The van der Waals surface area contributed by atoms with E-state index < -0.39 is 39.8 Å². The molecular weight excluding hydrogens is 492 g/mol. The molecular formula is C23H22F4N2O5S. The summed E-state index contributed by atoms with van der Waals surface area (Å²) in [6.45, 7) is 2.95. The summed E-state index contributed by atoms with van der Waals surface area (Å²) >= 11 is 0. The number of ether oxygens (including phenoxy) is 1. The van der Waals surface area contributed by atoms with Gasteiger partial charge in [-0.2, -0.15) is 0 Å². The van der Waals surface area contributed by atoms with Crippen molar-refractivity contribution in [2.24, 2.45) is 0 Å². The number of carbonyl (C=O) groups excluding carboxylic acids is 1. The van der Waals surface area contributed by atoms with E-state index in [1.165, 1.54) is 48.7 Å². The maximum Gasteiger partial charge on any atom is 0.573 e. The Labute approximate surface area is 198 Å². The third kappa shape index (κ3) is 6.40. The van der Waals surface area contributed by atoms with Gasteiger partial charge in [0, 0.05) is 35.8 Å². The van der Waals surface area contributed by atoms with E-state index in [2.05, 4.69) is 10.1 Å². The predicted octanol–water partition coefficient (Wildman–Crippen LogP) is 4.40. The number of anilines is 1. The molecule has 1 heterocycles. The van der Waals surface area contributed by atoms with Crippen molar-refractivity contribution in [3.05, 3.63) is 71.3 Å². The number of amides is 1. The molecule has 2 aromatic carbocycles. The van der Waals surface area contributed by atoms with Crippen molar-refractivity contribution >= 4 is 21.4 Å². The van der Waals surface area contributed by atoms with Crippen molar-refractivity contribution in [2.45, 2.75) is 37.6 Å². The molecule has 0 unspecified atom stereocenters. The van der Waals surface area contributed by atoms with Gasteiger partial charge in [0.05, 0.1) is 22.3 Å². The SMILES string of the molecule is Cc1c(C(=O)Nc2ccc(S(C)(=O)=O)cc2)cc(C[C@H](C)O)n1-c1ccc(F)cc1OC(F)(F)F. The third-order valence-electron chi connectivity index (χ3n) is 5.00. The Morgan fingerprint density at radius 1 is 1.14 bits per heavy atom. The van der Waals surface area contributed by atoms with Gasteiger partial charge in [0.15, 0.2) is 15.6 Å². The van der Waals surface area contributed by atoms with Gasteiger partial charge in [0.25, 0.3) is 5.91 Å². The first-order valence-electron chi connectivity index (χ1n) is 10.2. The van der Waals surface area contributed by atoms with Crippen LogP contribution in [0.4, 0.5) is 23.2 Å². The van der Waals surface area contributed by atoms with E-state index in [1.54, 1.807) is 0 Å². The number of nitrogens with zero attached hydrogens (tertiary/aromatic N) is 1. The predicted molar refractivity (Wildman–Crippen MR) is 120 cm³/mol. The lowest BCUT2D eigenvalue weighted by Crippen LogP contribution is -2.19. The minimum Gasteiger partial charge on any atom is -0.403 e. The standard InChI is InChI=1S/C23H22F4N2O5S/c1-13(30)10-17-12-19(22(31)28-16-5-7-18(8-6-16)35(3,32)33)14(2)29(17)20-9-4-15(24)11-21(20)34-23(25,26)27/h4-9,11-13,30H,10H2,1-3H3,(H,28,31)/t13-/m0/s1. The lowest BCUT2D eigenvalue weighted by Gasteiger charge is -2.18. The van der Waals surface area contributed by atoms with Gasteiger partial charge in [-0.05, 0) is 56.3 Å². The van der Waals surface area contributed by atoms with Crippen LogP contribution in [-0.2, 0) is 16.3 Å². The third-order valence-corrected chi connectivity index (χ3v) is 6.13. The maximum absolute atomic E-state index is 13.7. The molecule has 0 saturated heterocycles. The molecule has 3 aromatic rings. The first-order chi connectivity index (χ1) is 16.2. The molecule has 0 spiro atoms. The lowest BCUT2D eigenvalue weighted by atomic mass is 10.2. The molecule has 0 aliphatic rings. The van der Waals surface area contributed by atoms with E-state index in [9.17, 15) is 35.9 Å². The number of hydrogen-bond donors (Lipinski definition) is 2. The number of sulfone groups is 1. The minimum atomic E-state index is -5.09. The number of halogens is 4. The number of hydrogen-bond acceptors (Lipinski definition) is 5. The highest BCUT2D eigenvalue weighted by Gasteiger charge is 2.33. The second-order valence-electron chi connectivity index (χ2n) is 7.93. The number of alkyl halides is 3. The zero-order valence-electron chi connectivity index (χ0n) is 18.9. The summed E-state index contributed by atoms with van der Waals surface area (Å²) in [6.07, 6.45) is -4.98. The van der Waals surface area contributed by atoms with Crippen molar-refractivity contribution in [3.8, 4) is 11.4 Å². The number of nitrogens with one attached hydrogen (secondary N) is 1. The molecule has 1 amide bonds. The summed E-state index contributed by atoms with van der Waals surface area (Å²) in [5.41, 5.74) is 0.691. The van der Waals surface area contributed by atoms with E-state index in [0.29, 0.717) is 6.07 Å². The molecule has 35 heavy (non-hydrogen) atoms. The zero-order valence-corrected chi connectivity index (χ0v) is 19.7. The molecule has 0 saturated carbocycles. The van der Waals surface area contributed by atoms with Crippen LogP contribution in [0.25, 0.3) is 5.69 Å². The Morgan fingerprint density at radius 2 is 1.77 bits per heavy atom. The molecule has 3 rings (SSSR count). The average molecular weight is 514 g/mol. The van der Waals surface area contributed by atoms with E-state index in [1.807, 2.05) is 0 Å². The molecule has 7 nitrogen and oxygen atoms in total. The molecule has 0 radical (unpaired) electrons. The van der Waals surface area contributed by atoms with Gasteiger partial charge in [-0.25, -0.2) is 12.8 Å². The van der Waals surface area contributed by atoms with Gasteiger partial charge < -0.3 is 19.7 Å².